The number of nitrogens with zero attached hydrogens (tertiary/aromatic N) is 1. The summed E-state index contributed by atoms with van der Waals surface area (Å²) in [6.07, 6.45) is 4.13. The SMILES string of the molecule is CC1CCC2C(C)(C)C2(c2ccccc2CON2CCNCC2)C1. The molecule has 3 fully saturated rings. The number of benzene rings is 1. The van der Waals surface area contributed by atoms with Crippen molar-refractivity contribution in [1.29, 1.82) is 0 Å². The molecule has 4 rings (SSSR count). The van der Waals surface area contributed by atoms with Crippen LogP contribution in [0.15, 0.2) is 24.3 Å². The van der Waals surface area contributed by atoms with Gasteiger partial charge in [0, 0.05) is 31.6 Å². The summed E-state index contributed by atoms with van der Waals surface area (Å²) in [6, 6.07) is 9.07. The molecule has 3 aliphatic rings. The summed E-state index contributed by atoms with van der Waals surface area (Å²) in [5, 5.41) is 5.51. The number of hydroxylamine groups is 2. The molecule has 0 radical (unpaired) electrons. The van der Waals surface area contributed by atoms with E-state index in [0.717, 1.165) is 44.6 Å². The molecule has 1 aromatic rings. The first-order valence-corrected chi connectivity index (χ1v) is 9.72. The first-order valence-electron chi connectivity index (χ1n) is 9.72. The van der Waals surface area contributed by atoms with Crippen LogP contribution in [0.3, 0.4) is 0 Å². The molecule has 1 saturated heterocycles. The van der Waals surface area contributed by atoms with Crippen molar-refractivity contribution in [2.75, 3.05) is 26.2 Å². The first kappa shape index (κ1) is 16.6. The Morgan fingerprint density at radius 2 is 1.92 bits per heavy atom. The molecule has 3 nitrogen and oxygen atoms in total. The summed E-state index contributed by atoms with van der Waals surface area (Å²) in [5.41, 5.74) is 3.79. The second kappa shape index (κ2) is 6.12. The Hall–Kier alpha value is -0.900. The number of hydrogen-bond donors (Lipinski definition) is 1. The lowest BCUT2D eigenvalue weighted by Crippen LogP contribution is -2.43. The fourth-order valence-electron chi connectivity index (χ4n) is 5.74. The smallest absolute Gasteiger partial charge is 0.0938 e. The zero-order valence-electron chi connectivity index (χ0n) is 15.5. The zero-order chi connectivity index (χ0) is 16.8. The van der Waals surface area contributed by atoms with Crippen molar-refractivity contribution in [3.63, 3.8) is 0 Å². The molecule has 2 aliphatic carbocycles. The van der Waals surface area contributed by atoms with Crippen LogP contribution in [0.4, 0.5) is 0 Å². The van der Waals surface area contributed by atoms with Crippen LogP contribution in [0.5, 0.6) is 0 Å². The Bertz CT molecular complexity index is 593. The lowest BCUT2D eigenvalue weighted by atomic mass is 9.74. The monoisotopic (exact) mass is 328 g/mol. The van der Waals surface area contributed by atoms with Gasteiger partial charge in [0.1, 0.15) is 0 Å². The lowest BCUT2D eigenvalue weighted by Gasteiger charge is -2.31. The van der Waals surface area contributed by atoms with Crippen LogP contribution in [0.1, 0.15) is 51.2 Å². The van der Waals surface area contributed by atoms with E-state index in [4.69, 9.17) is 4.84 Å². The van der Waals surface area contributed by atoms with Crippen molar-refractivity contribution in [3.05, 3.63) is 35.4 Å². The average Bonchev–Trinajstić information content (AvgIpc) is 3.10. The maximum Gasteiger partial charge on any atom is 0.0938 e. The summed E-state index contributed by atoms with van der Waals surface area (Å²) in [6.45, 7) is 12.2. The van der Waals surface area contributed by atoms with Gasteiger partial charge in [-0.25, -0.2) is 0 Å². The predicted molar refractivity (Wildman–Crippen MR) is 97.6 cm³/mol. The molecule has 132 valence electrons. The molecule has 3 heteroatoms. The van der Waals surface area contributed by atoms with Crippen molar-refractivity contribution in [1.82, 2.24) is 10.4 Å². The molecule has 2 saturated carbocycles. The summed E-state index contributed by atoms with van der Waals surface area (Å²) < 4.78 is 0. The third-order valence-electron chi connectivity index (χ3n) is 7.13. The van der Waals surface area contributed by atoms with Crippen LogP contribution in [-0.2, 0) is 16.9 Å². The number of rotatable bonds is 4. The summed E-state index contributed by atoms with van der Waals surface area (Å²) in [7, 11) is 0. The van der Waals surface area contributed by atoms with Crippen molar-refractivity contribution in [2.45, 2.75) is 52.1 Å². The Kier molecular flexibility index (Phi) is 4.22. The molecular weight excluding hydrogens is 296 g/mol. The standard InChI is InChI=1S/C21H32N2O/c1-16-8-9-19-20(2,3)21(19,14-16)18-7-5-4-6-17(18)15-24-23-12-10-22-11-13-23/h4-7,16,19,22H,8-15H2,1-3H3. The molecule has 0 bridgehead atoms. The summed E-state index contributed by atoms with van der Waals surface area (Å²) >= 11 is 0. The molecule has 1 aromatic carbocycles. The molecule has 1 N–H and O–H groups in total. The Labute approximate surface area is 146 Å². The lowest BCUT2D eigenvalue weighted by molar-refractivity contribution is -0.174. The Balaban J connectivity index is 1.57. The van der Waals surface area contributed by atoms with Crippen LogP contribution >= 0.6 is 0 Å². The molecule has 3 atom stereocenters. The van der Waals surface area contributed by atoms with E-state index in [0.29, 0.717) is 10.8 Å². The normalized spacial score (nSPS) is 35.5. The van der Waals surface area contributed by atoms with E-state index < -0.39 is 0 Å². The minimum absolute atomic E-state index is 0.383. The number of fused-ring (bicyclic) bond motifs is 1. The highest BCUT2D eigenvalue weighted by atomic mass is 16.7. The topological polar surface area (TPSA) is 24.5 Å². The van der Waals surface area contributed by atoms with Crippen molar-refractivity contribution >= 4 is 0 Å². The minimum Gasteiger partial charge on any atom is -0.314 e. The largest absolute Gasteiger partial charge is 0.314 e. The molecule has 0 amide bonds. The summed E-state index contributed by atoms with van der Waals surface area (Å²) in [5.74, 6) is 1.69. The molecule has 1 heterocycles. The number of nitrogens with one attached hydrogen (secondary N) is 1. The fraction of sp³-hybridized carbons (Fsp3) is 0.714. The molecular formula is C21H32N2O. The number of piperazine rings is 1. The van der Waals surface area contributed by atoms with E-state index in [1.54, 1.807) is 5.56 Å². The van der Waals surface area contributed by atoms with E-state index in [-0.39, 0.29) is 0 Å². The van der Waals surface area contributed by atoms with Gasteiger partial charge in [0.15, 0.2) is 0 Å². The average molecular weight is 329 g/mol. The quantitative estimate of drug-likeness (QED) is 0.911. The van der Waals surface area contributed by atoms with Gasteiger partial charge < -0.3 is 5.32 Å². The van der Waals surface area contributed by atoms with Crippen molar-refractivity contribution < 1.29 is 4.84 Å². The van der Waals surface area contributed by atoms with E-state index in [2.05, 4.69) is 55.4 Å². The Morgan fingerprint density at radius 1 is 1.17 bits per heavy atom. The molecule has 3 unspecified atom stereocenters. The van der Waals surface area contributed by atoms with Crippen LogP contribution in [0, 0.1) is 17.3 Å². The van der Waals surface area contributed by atoms with Crippen molar-refractivity contribution in [2.24, 2.45) is 17.3 Å². The van der Waals surface area contributed by atoms with Gasteiger partial charge in [0.2, 0.25) is 0 Å². The third-order valence-corrected chi connectivity index (χ3v) is 7.13. The third kappa shape index (κ3) is 2.53. The van der Waals surface area contributed by atoms with Gasteiger partial charge in [-0.2, -0.15) is 5.06 Å². The van der Waals surface area contributed by atoms with E-state index in [1.807, 2.05) is 0 Å². The van der Waals surface area contributed by atoms with Gasteiger partial charge in [-0.3, -0.25) is 4.84 Å². The van der Waals surface area contributed by atoms with Crippen LogP contribution < -0.4 is 5.32 Å². The molecule has 0 aromatic heterocycles. The number of hydrogen-bond acceptors (Lipinski definition) is 3. The van der Waals surface area contributed by atoms with Gasteiger partial charge in [0.25, 0.3) is 0 Å². The molecule has 1 aliphatic heterocycles. The highest BCUT2D eigenvalue weighted by Gasteiger charge is 2.72. The van der Waals surface area contributed by atoms with Crippen molar-refractivity contribution in [3.8, 4) is 0 Å². The van der Waals surface area contributed by atoms with Gasteiger partial charge in [-0.15, -0.1) is 0 Å². The molecule has 0 spiro atoms. The first-order chi connectivity index (χ1) is 11.6. The van der Waals surface area contributed by atoms with E-state index >= 15 is 0 Å². The van der Waals surface area contributed by atoms with Crippen LogP contribution in [-0.4, -0.2) is 31.2 Å². The van der Waals surface area contributed by atoms with Gasteiger partial charge in [0.05, 0.1) is 6.61 Å². The highest BCUT2D eigenvalue weighted by Crippen LogP contribution is 2.76. The highest BCUT2D eigenvalue weighted by molar-refractivity contribution is 5.45. The minimum atomic E-state index is 0.383. The fourth-order valence-corrected chi connectivity index (χ4v) is 5.74. The van der Waals surface area contributed by atoms with Gasteiger partial charge in [-0.1, -0.05) is 51.5 Å². The van der Waals surface area contributed by atoms with Gasteiger partial charge >= 0.3 is 0 Å². The zero-order valence-corrected chi connectivity index (χ0v) is 15.5. The van der Waals surface area contributed by atoms with Crippen LogP contribution in [0.2, 0.25) is 0 Å². The predicted octanol–water partition coefficient (Wildman–Crippen LogP) is 3.74. The second-order valence-corrected chi connectivity index (χ2v) is 8.74. The summed E-state index contributed by atoms with van der Waals surface area (Å²) in [4.78, 5) is 6.15. The maximum absolute atomic E-state index is 6.15. The Morgan fingerprint density at radius 3 is 2.71 bits per heavy atom. The molecule has 24 heavy (non-hydrogen) atoms. The van der Waals surface area contributed by atoms with Crippen LogP contribution in [0.25, 0.3) is 0 Å². The maximum atomic E-state index is 6.15. The van der Waals surface area contributed by atoms with Gasteiger partial charge in [-0.05, 0) is 41.2 Å². The second-order valence-electron chi connectivity index (χ2n) is 8.74. The van der Waals surface area contributed by atoms with E-state index in [1.165, 1.54) is 24.8 Å². The van der Waals surface area contributed by atoms with E-state index in [9.17, 15) is 0 Å².